The van der Waals surface area contributed by atoms with Crippen LogP contribution in [0.3, 0.4) is 0 Å². The van der Waals surface area contributed by atoms with Gasteiger partial charge in [-0.05, 0) is 139 Å². The highest BCUT2D eigenvalue weighted by molar-refractivity contribution is 6.19. The zero-order valence-electron chi connectivity index (χ0n) is 30.4. The summed E-state index contributed by atoms with van der Waals surface area (Å²) >= 11 is 0. The van der Waals surface area contributed by atoms with Crippen LogP contribution in [-0.4, -0.2) is 0 Å². The van der Waals surface area contributed by atoms with Crippen molar-refractivity contribution in [1.29, 1.82) is 0 Å². The molecule has 1 heteroatoms. The van der Waals surface area contributed by atoms with Crippen LogP contribution in [0.5, 0.6) is 0 Å². The van der Waals surface area contributed by atoms with E-state index in [1.54, 1.807) is 5.56 Å². The molecule has 0 saturated heterocycles. The van der Waals surface area contributed by atoms with Crippen LogP contribution in [0.15, 0.2) is 152 Å². The predicted molar refractivity (Wildman–Crippen MR) is 225 cm³/mol. The molecular formula is C52H41N. The highest BCUT2D eigenvalue weighted by Crippen LogP contribution is 2.56. The molecule has 53 heavy (non-hydrogen) atoms. The molecule has 0 aromatic heterocycles. The van der Waals surface area contributed by atoms with E-state index >= 15 is 0 Å². The fourth-order valence-corrected chi connectivity index (χ4v) is 10.1. The van der Waals surface area contributed by atoms with Gasteiger partial charge in [-0.1, -0.05) is 142 Å². The van der Waals surface area contributed by atoms with Crippen LogP contribution >= 0.6 is 0 Å². The summed E-state index contributed by atoms with van der Waals surface area (Å²) in [7, 11) is 0. The Bertz CT molecular complexity index is 2770. The highest BCUT2D eigenvalue weighted by atomic mass is 15.1. The first-order valence-corrected chi connectivity index (χ1v) is 19.4. The van der Waals surface area contributed by atoms with Gasteiger partial charge in [-0.15, -0.1) is 0 Å². The molecule has 3 aliphatic carbocycles. The lowest BCUT2D eigenvalue weighted by atomic mass is 9.81. The molecule has 8 aromatic carbocycles. The molecule has 0 fully saturated rings. The van der Waals surface area contributed by atoms with Crippen molar-refractivity contribution in [3.63, 3.8) is 0 Å². The number of rotatable bonds is 4. The Morgan fingerprint density at radius 2 is 1.15 bits per heavy atom. The van der Waals surface area contributed by atoms with Crippen LogP contribution < -0.4 is 4.90 Å². The first-order chi connectivity index (χ1) is 26.1. The number of aryl methyl sites for hydroxylation is 1. The van der Waals surface area contributed by atoms with E-state index in [1.807, 2.05) is 0 Å². The van der Waals surface area contributed by atoms with E-state index in [0.29, 0.717) is 0 Å². The molecule has 0 spiro atoms. The second kappa shape index (κ2) is 11.5. The van der Waals surface area contributed by atoms with E-state index in [2.05, 4.69) is 170 Å². The van der Waals surface area contributed by atoms with Crippen LogP contribution in [0, 0.1) is 0 Å². The third-order valence-electron chi connectivity index (χ3n) is 12.6. The first kappa shape index (κ1) is 30.7. The Hall–Kier alpha value is -5.92. The number of anilines is 3. The molecule has 0 unspecified atom stereocenters. The van der Waals surface area contributed by atoms with Gasteiger partial charge in [0.1, 0.15) is 0 Å². The molecule has 0 bridgehead atoms. The van der Waals surface area contributed by atoms with Crippen molar-refractivity contribution in [2.24, 2.45) is 0 Å². The van der Waals surface area contributed by atoms with Gasteiger partial charge < -0.3 is 4.90 Å². The lowest BCUT2D eigenvalue weighted by Gasteiger charge is -2.31. The summed E-state index contributed by atoms with van der Waals surface area (Å²) in [4.78, 5) is 2.56. The van der Waals surface area contributed by atoms with Gasteiger partial charge >= 0.3 is 0 Å². The zero-order chi connectivity index (χ0) is 35.3. The monoisotopic (exact) mass is 679 g/mol. The maximum atomic E-state index is 2.56. The molecule has 0 N–H and O–H groups in total. The van der Waals surface area contributed by atoms with Gasteiger partial charge in [0, 0.05) is 22.2 Å². The molecule has 0 radical (unpaired) electrons. The van der Waals surface area contributed by atoms with E-state index < -0.39 is 0 Å². The largest absolute Gasteiger partial charge is 0.310 e. The lowest BCUT2D eigenvalue weighted by Crippen LogP contribution is -2.17. The minimum absolute atomic E-state index is 0.152. The van der Waals surface area contributed by atoms with E-state index in [1.165, 1.54) is 125 Å². The average molecular weight is 680 g/mol. The minimum atomic E-state index is -0.152. The molecular weight excluding hydrogens is 639 g/mol. The molecule has 8 aromatic rings. The van der Waals surface area contributed by atoms with E-state index in [4.69, 9.17) is 0 Å². The third-order valence-corrected chi connectivity index (χ3v) is 12.6. The van der Waals surface area contributed by atoms with Crippen LogP contribution in [-0.2, 0) is 18.3 Å². The molecule has 0 amide bonds. The minimum Gasteiger partial charge on any atom is -0.310 e. The van der Waals surface area contributed by atoms with Crippen LogP contribution in [0.1, 0.15) is 55.4 Å². The first-order valence-electron chi connectivity index (χ1n) is 19.4. The summed E-state index contributed by atoms with van der Waals surface area (Å²) in [5.41, 5.74) is 20.2. The van der Waals surface area contributed by atoms with Gasteiger partial charge in [-0.3, -0.25) is 0 Å². The Morgan fingerprint density at radius 1 is 0.453 bits per heavy atom. The summed E-state index contributed by atoms with van der Waals surface area (Å²) in [6.07, 6.45) is 6.13. The summed E-state index contributed by atoms with van der Waals surface area (Å²) in [6.45, 7) is 4.85. The molecule has 0 saturated carbocycles. The third kappa shape index (κ3) is 4.50. The second-order valence-electron chi connectivity index (χ2n) is 15.9. The summed E-state index contributed by atoms with van der Waals surface area (Å²) in [5.74, 6) is 0. The fourth-order valence-electron chi connectivity index (χ4n) is 10.1. The van der Waals surface area contributed by atoms with Crippen molar-refractivity contribution < 1.29 is 0 Å². The number of fused-ring (bicyclic) bond motifs is 8. The van der Waals surface area contributed by atoms with E-state index in [-0.39, 0.29) is 5.41 Å². The zero-order valence-corrected chi connectivity index (χ0v) is 30.4. The molecule has 0 atom stereocenters. The van der Waals surface area contributed by atoms with E-state index in [0.717, 1.165) is 6.42 Å². The van der Waals surface area contributed by atoms with Crippen molar-refractivity contribution in [3.8, 4) is 44.5 Å². The number of hydrogen-bond donors (Lipinski definition) is 0. The maximum absolute atomic E-state index is 2.56. The lowest BCUT2D eigenvalue weighted by molar-refractivity contribution is 0.660. The maximum Gasteiger partial charge on any atom is 0.0540 e. The van der Waals surface area contributed by atoms with Gasteiger partial charge in [0.2, 0.25) is 0 Å². The second-order valence-corrected chi connectivity index (χ2v) is 15.9. The Kier molecular flexibility index (Phi) is 6.68. The van der Waals surface area contributed by atoms with Crippen LogP contribution in [0.4, 0.5) is 17.1 Å². The van der Waals surface area contributed by atoms with Gasteiger partial charge in [0.25, 0.3) is 0 Å². The van der Waals surface area contributed by atoms with Crippen molar-refractivity contribution in [2.75, 3.05) is 4.90 Å². The van der Waals surface area contributed by atoms with Crippen molar-refractivity contribution in [3.05, 3.63) is 174 Å². The Labute approximate surface area is 312 Å². The highest BCUT2D eigenvalue weighted by Gasteiger charge is 2.38. The van der Waals surface area contributed by atoms with Gasteiger partial charge in [-0.25, -0.2) is 0 Å². The quantitative estimate of drug-likeness (QED) is 0.167. The molecule has 1 nitrogen and oxygen atoms in total. The van der Waals surface area contributed by atoms with Gasteiger partial charge in [0.05, 0.1) is 5.69 Å². The predicted octanol–water partition coefficient (Wildman–Crippen LogP) is 14.4. The SMILES string of the molecule is CC1(C)c2ccccc2-c2c(-c3cccc4c3CCCCC4)cc(N(c3ccc4ccccc4c3)c3ccc4c5c(cccc35)-c3ccccc3-4)cc21. The fraction of sp³-hybridized carbons (Fsp3) is 0.154. The number of hydrogen-bond acceptors (Lipinski definition) is 1. The normalized spacial score (nSPS) is 14.8. The van der Waals surface area contributed by atoms with Crippen molar-refractivity contribution in [1.82, 2.24) is 0 Å². The van der Waals surface area contributed by atoms with Crippen molar-refractivity contribution in [2.45, 2.75) is 51.4 Å². The molecule has 11 rings (SSSR count). The average Bonchev–Trinajstić information content (AvgIpc) is 3.49. The Morgan fingerprint density at radius 3 is 2.02 bits per heavy atom. The van der Waals surface area contributed by atoms with Crippen LogP contribution in [0.2, 0.25) is 0 Å². The van der Waals surface area contributed by atoms with E-state index in [9.17, 15) is 0 Å². The van der Waals surface area contributed by atoms with Crippen LogP contribution in [0.25, 0.3) is 66.1 Å². The van der Waals surface area contributed by atoms with Crippen molar-refractivity contribution >= 4 is 38.6 Å². The molecule has 3 aliphatic rings. The topological polar surface area (TPSA) is 3.24 Å². The molecule has 0 aliphatic heterocycles. The Balaban J connectivity index is 1.23. The molecule has 0 heterocycles. The summed E-state index contributed by atoms with van der Waals surface area (Å²) in [6, 6.07) is 57.6. The smallest absolute Gasteiger partial charge is 0.0540 e. The summed E-state index contributed by atoms with van der Waals surface area (Å²) < 4.78 is 0. The number of nitrogens with zero attached hydrogens (tertiary/aromatic N) is 1. The van der Waals surface area contributed by atoms with Gasteiger partial charge in [-0.2, -0.15) is 0 Å². The standard InChI is InChI=1S/C52H41N/c1-52(2)47-25-11-10-21-44(47)51-46(39-22-12-17-34-15-4-3-5-18-38(34)39)31-37(32-48(51)52)53(36-27-26-33-14-6-7-16-35(33)30-36)49-29-28-43-41-20-9-8-19-40(41)42-23-13-24-45(49)50(42)43/h6-14,16-17,19-32H,3-5,15,18H2,1-2H3. The molecule has 254 valence electrons. The summed E-state index contributed by atoms with van der Waals surface area (Å²) in [5, 5.41) is 5.13. The number of benzene rings is 8. The van der Waals surface area contributed by atoms with Gasteiger partial charge in [0.15, 0.2) is 0 Å².